The van der Waals surface area contributed by atoms with E-state index >= 15 is 4.39 Å². The van der Waals surface area contributed by atoms with E-state index in [1.807, 2.05) is 0 Å². The fourth-order valence-electron chi connectivity index (χ4n) is 7.04. The molecule has 3 fully saturated rings. The molecule has 3 N–H and O–H groups in total. The standard InChI is InChI=1S/C31H36F3N3O6S/c1-37-26-23(30(28(37)40)10-12-31(33,34)13-11-30)16-20(17-24(26)32)35-27(39)22-3-2-19(36-44(41,42)15-14-38)18-25(22)43-21-4-6-29(7-5-21)8-9-29/h2-3,16-18,21,36,38H,4-15H2,1H3,(H,35,39). The van der Waals surface area contributed by atoms with Crippen LogP contribution < -0.4 is 19.7 Å². The Balaban J connectivity index is 1.29. The SMILES string of the molecule is CN1C(=O)C2(CCC(F)(F)CC2)c2cc(NC(=O)c3ccc(NS(=O)(=O)CCO)cc3OC3CCC4(CC3)CC4)cc(F)c21. The number of carbonyl (C=O) groups excluding carboxylic acids is 2. The van der Waals surface area contributed by atoms with E-state index in [0.29, 0.717) is 5.41 Å². The van der Waals surface area contributed by atoms with Crippen LogP contribution >= 0.6 is 0 Å². The minimum absolute atomic E-state index is 0.0208. The molecule has 44 heavy (non-hydrogen) atoms. The fraction of sp³-hybridized carbons (Fsp3) is 0.548. The molecule has 9 nitrogen and oxygen atoms in total. The lowest BCUT2D eigenvalue weighted by molar-refractivity contribution is -0.127. The van der Waals surface area contributed by atoms with Gasteiger partial charge < -0.3 is 20.1 Å². The van der Waals surface area contributed by atoms with Crippen LogP contribution in [0.5, 0.6) is 5.75 Å². The molecule has 2 spiro atoms. The molecule has 0 atom stereocenters. The summed E-state index contributed by atoms with van der Waals surface area (Å²) in [6.07, 6.45) is 4.57. The molecule has 0 aromatic heterocycles. The van der Waals surface area contributed by atoms with E-state index in [2.05, 4.69) is 10.0 Å². The number of sulfonamides is 1. The molecule has 3 saturated carbocycles. The number of nitrogens with one attached hydrogen (secondary N) is 2. The Morgan fingerprint density at radius 2 is 1.70 bits per heavy atom. The van der Waals surface area contributed by atoms with Crippen LogP contribution in [-0.4, -0.2) is 56.8 Å². The van der Waals surface area contributed by atoms with Gasteiger partial charge in [0.15, 0.2) is 0 Å². The highest BCUT2D eigenvalue weighted by Crippen LogP contribution is 2.57. The topological polar surface area (TPSA) is 125 Å². The lowest BCUT2D eigenvalue weighted by Crippen LogP contribution is -2.44. The average Bonchev–Trinajstić information content (AvgIpc) is 3.68. The maximum Gasteiger partial charge on any atom is 0.259 e. The van der Waals surface area contributed by atoms with Gasteiger partial charge in [-0.1, -0.05) is 0 Å². The molecule has 1 aliphatic heterocycles. The molecule has 4 aliphatic rings. The van der Waals surface area contributed by atoms with E-state index in [-0.39, 0.29) is 52.9 Å². The first-order valence-electron chi connectivity index (χ1n) is 15.0. The summed E-state index contributed by atoms with van der Waals surface area (Å²) in [6.45, 7) is -0.564. The fourth-order valence-corrected chi connectivity index (χ4v) is 7.87. The third kappa shape index (κ3) is 5.76. The van der Waals surface area contributed by atoms with Gasteiger partial charge in [0.25, 0.3) is 5.91 Å². The van der Waals surface area contributed by atoms with Gasteiger partial charge in [0, 0.05) is 31.6 Å². The van der Waals surface area contributed by atoms with Crippen LogP contribution in [0.25, 0.3) is 0 Å². The van der Waals surface area contributed by atoms with Crippen LogP contribution in [-0.2, 0) is 20.2 Å². The summed E-state index contributed by atoms with van der Waals surface area (Å²) >= 11 is 0. The first-order chi connectivity index (χ1) is 20.8. The number of ether oxygens (including phenoxy) is 1. The Bertz CT molecular complexity index is 1590. The largest absolute Gasteiger partial charge is 0.490 e. The van der Waals surface area contributed by atoms with Crippen molar-refractivity contribution in [1.82, 2.24) is 0 Å². The van der Waals surface area contributed by atoms with Gasteiger partial charge in [-0.3, -0.25) is 14.3 Å². The van der Waals surface area contributed by atoms with Crippen molar-refractivity contribution in [2.24, 2.45) is 5.41 Å². The molecule has 0 bridgehead atoms. The third-order valence-corrected chi connectivity index (χ3v) is 11.1. The number of benzene rings is 2. The first kappa shape index (κ1) is 30.7. The van der Waals surface area contributed by atoms with Crippen molar-refractivity contribution in [3.8, 4) is 5.75 Å². The van der Waals surface area contributed by atoms with Crippen molar-refractivity contribution in [3.63, 3.8) is 0 Å². The van der Waals surface area contributed by atoms with Gasteiger partial charge in [0.1, 0.15) is 11.6 Å². The molecule has 3 aliphatic carbocycles. The summed E-state index contributed by atoms with van der Waals surface area (Å²) in [5, 5.41) is 11.8. The lowest BCUT2D eigenvalue weighted by atomic mass is 9.69. The maximum atomic E-state index is 15.4. The number of alkyl halides is 2. The van der Waals surface area contributed by atoms with Crippen molar-refractivity contribution in [2.75, 3.05) is 34.3 Å². The minimum atomic E-state index is -3.84. The minimum Gasteiger partial charge on any atom is -0.490 e. The van der Waals surface area contributed by atoms with Crippen LogP contribution in [0.4, 0.5) is 30.2 Å². The molecule has 0 radical (unpaired) electrons. The highest BCUT2D eigenvalue weighted by molar-refractivity contribution is 7.92. The Morgan fingerprint density at radius 1 is 1.02 bits per heavy atom. The monoisotopic (exact) mass is 635 g/mol. The van der Waals surface area contributed by atoms with Gasteiger partial charge in [-0.25, -0.2) is 21.6 Å². The van der Waals surface area contributed by atoms with E-state index in [1.54, 1.807) is 0 Å². The molecule has 2 aromatic carbocycles. The smallest absolute Gasteiger partial charge is 0.259 e. The van der Waals surface area contributed by atoms with E-state index in [1.165, 1.54) is 44.2 Å². The van der Waals surface area contributed by atoms with Gasteiger partial charge in [-0.05, 0) is 86.6 Å². The van der Waals surface area contributed by atoms with Crippen molar-refractivity contribution in [1.29, 1.82) is 0 Å². The van der Waals surface area contributed by atoms with Crippen LogP contribution in [0.2, 0.25) is 0 Å². The Labute approximate surface area is 254 Å². The second-order valence-corrected chi connectivity index (χ2v) is 14.6. The zero-order valence-electron chi connectivity index (χ0n) is 24.4. The van der Waals surface area contributed by atoms with Crippen molar-refractivity contribution < 1.29 is 41.0 Å². The molecule has 2 amide bonds. The summed E-state index contributed by atoms with van der Waals surface area (Å²) < 4.78 is 76.8. The molecular weight excluding hydrogens is 599 g/mol. The van der Waals surface area contributed by atoms with Crippen LogP contribution in [0.3, 0.4) is 0 Å². The van der Waals surface area contributed by atoms with Crippen LogP contribution in [0, 0.1) is 11.2 Å². The molecule has 1 heterocycles. The number of nitrogens with zero attached hydrogens (tertiary/aromatic N) is 1. The number of amides is 2. The second-order valence-electron chi connectivity index (χ2n) is 12.8. The molecule has 0 saturated heterocycles. The normalized spacial score (nSPS) is 23.0. The Kier molecular flexibility index (Phi) is 7.63. The third-order valence-electron chi connectivity index (χ3n) is 9.82. The van der Waals surface area contributed by atoms with Crippen molar-refractivity contribution in [2.45, 2.75) is 81.6 Å². The summed E-state index contributed by atoms with van der Waals surface area (Å²) in [4.78, 5) is 28.0. The van der Waals surface area contributed by atoms with Gasteiger partial charge >= 0.3 is 0 Å². The lowest BCUT2D eigenvalue weighted by Gasteiger charge is -2.36. The summed E-state index contributed by atoms with van der Waals surface area (Å²) in [5.41, 5.74) is -0.304. The number of anilines is 3. The van der Waals surface area contributed by atoms with Gasteiger partial charge in [0.2, 0.25) is 21.9 Å². The molecule has 6 rings (SSSR count). The van der Waals surface area contributed by atoms with Gasteiger partial charge in [-0.15, -0.1) is 0 Å². The predicted molar refractivity (Wildman–Crippen MR) is 158 cm³/mol. The van der Waals surface area contributed by atoms with Crippen LogP contribution in [0.15, 0.2) is 30.3 Å². The van der Waals surface area contributed by atoms with Gasteiger partial charge in [0.05, 0.1) is 40.8 Å². The predicted octanol–water partition coefficient (Wildman–Crippen LogP) is 5.34. The number of halogens is 3. The van der Waals surface area contributed by atoms with Crippen LogP contribution in [0.1, 0.15) is 80.1 Å². The summed E-state index contributed by atoms with van der Waals surface area (Å²) in [5.74, 6) is -5.11. The zero-order valence-corrected chi connectivity index (χ0v) is 25.2. The Hall–Kier alpha value is -3.32. The number of rotatable bonds is 8. The van der Waals surface area contributed by atoms with E-state index in [9.17, 15) is 26.8 Å². The quantitative estimate of drug-likeness (QED) is 0.360. The number of aliphatic hydroxyl groups is 1. The molecule has 2 aromatic rings. The molecule has 238 valence electrons. The number of carbonyl (C=O) groups is 2. The number of hydrogen-bond acceptors (Lipinski definition) is 6. The van der Waals surface area contributed by atoms with E-state index in [0.717, 1.165) is 36.6 Å². The highest BCUT2D eigenvalue weighted by Gasteiger charge is 2.55. The summed E-state index contributed by atoms with van der Waals surface area (Å²) in [6, 6.07) is 6.78. The maximum absolute atomic E-state index is 15.4. The van der Waals surface area contributed by atoms with E-state index in [4.69, 9.17) is 9.84 Å². The number of fused-ring (bicyclic) bond motifs is 2. The van der Waals surface area contributed by atoms with Gasteiger partial charge in [-0.2, -0.15) is 0 Å². The molecular formula is C31H36F3N3O6S. The number of likely N-dealkylation sites (N-methyl/N-ethyl adjacent to an activating group) is 1. The molecule has 0 unspecified atom stereocenters. The first-order valence-corrected chi connectivity index (χ1v) is 16.6. The second kappa shape index (κ2) is 10.9. The summed E-state index contributed by atoms with van der Waals surface area (Å²) in [7, 11) is -2.42. The number of aliphatic hydroxyl groups excluding tert-OH is 1. The van der Waals surface area contributed by atoms with E-state index < -0.39 is 64.2 Å². The zero-order chi connectivity index (χ0) is 31.5. The highest BCUT2D eigenvalue weighted by atomic mass is 32.2. The average molecular weight is 636 g/mol. The van der Waals surface area contributed by atoms with Crippen molar-refractivity contribution in [3.05, 3.63) is 47.3 Å². The van der Waals surface area contributed by atoms with Crippen molar-refractivity contribution >= 4 is 38.9 Å². The molecule has 13 heteroatoms. The number of hydrogen-bond donors (Lipinski definition) is 3. The Morgan fingerprint density at radius 3 is 2.34 bits per heavy atom.